The lowest BCUT2D eigenvalue weighted by atomic mass is 10.2. The van der Waals surface area contributed by atoms with E-state index in [2.05, 4.69) is 0 Å². The van der Waals surface area contributed by atoms with Crippen molar-refractivity contribution in [3.8, 4) is 0 Å². The van der Waals surface area contributed by atoms with Crippen molar-refractivity contribution in [2.75, 3.05) is 26.2 Å². The summed E-state index contributed by atoms with van der Waals surface area (Å²) in [6.07, 6.45) is 1.45. The van der Waals surface area contributed by atoms with E-state index in [-0.39, 0.29) is 47.8 Å². The summed E-state index contributed by atoms with van der Waals surface area (Å²) in [6, 6.07) is 5.00. The lowest BCUT2D eigenvalue weighted by molar-refractivity contribution is 0.0665. The Labute approximate surface area is 149 Å². The molecule has 2 aromatic rings. The molecule has 1 fully saturated rings. The van der Waals surface area contributed by atoms with Gasteiger partial charge < -0.3 is 9.32 Å². The summed E-state index contributed by atoms with van der Waals surface area (Å²) in [5.74, 6) is -0.671. The van der Waals surface area contributed by atoms with Gasteiger partial charge >= 0.3 is 0 Å². The molecule has 0 saturated carbocycles. The molecule has 1 saturated heterocycles. The highest BCUT2D eigenvalue weighted by molar-refractivity contribution is 7.89. The van der Waals surface area contributed by atoms with Gasteiger partial charge in [-0.3, -0.25) is 4.79 Å². The highest BCUT2D eigenvalue weighted by Gasteiger charge is 2.31. The number of halogens is 2. The first-order valence-corrected chi connectivity index (χ1v) is 9.41. The number of hydrogen-bond donors (Lipinski definition) is 0. The van der Waals surface area contributed by atoms with Crippen molar-refractivity contribution in [3.63, 3.8) is 0 Å². The first-order valence-electron chi connectivity index (χ1n) is 7.59. The van der Waals surface area contributed by atoms with Crippen LogP contribution >= 0.6 is 11.6 Å². The molecule has 6 nitrogen and oxygen atoms in total. The van der Waals surface area contributed by atoms with Gasteiger partial charge in [-0.05, 0) is 31.2 Å². The summed E-state index contributed by atoms with van der Waals surface area (Å²) in [7, 11) is -3.79. The molecule has 1 aromatic carbocycles. The fraction of sp³-hybridized carbons (Fsp3) is 0.312. The molecule has 0 spiro atoms. The molecule has 2 heterocycles. The van der Waals surface area contributed by atoms with Crippen LogP contribution in [-0.2, 0) is 10.0 Å². The number of furan rings is 1. The predicted octanol–water partition coefficient (Wildman–Crippen LogP) is 2.53. The van der Waals surface area contributed by atoms with E-state index in [9.17, 15) is 17.6 Å². The molecule has 0 bridgehead atoms. The van der Waals surface area contributed by atoms with Crippen LogP contribution in [0, 0.1) is 12.7 Å². The van der Waals surface area contributed by atoms with Crippen molar-refractivity contribution >= 4 is 27.5 Å². The number of hydrogen-bond acceptors (Lipinski definition) is 4. The molecule has 1 aliphatic rings. The molecule has 134 valence electrons. The molecule has 25 heavy (non-hydrogen) atoms. The molecule has 0 unspecified atom stereocenters. The Bertz CT molecular complexity index is 905. The molecular weight excluding hydrogens is 371 g/mol. The second-order valence-electron chi connectivity index (χ2n) is 5.70. The SMILES string of the molecule is Cc1ccoc1C(=O)N1CCN(S(=O)(=O)c2ccc(F)c(Cl)c2)CC1. The van der Waals surface area contributed by atoms with Crippen LogP contribution < -0.4 is 0 Å². The van der Waals surface area contributed by atoms with E-state index in [0.717, 1.165) is 17.7 Å². The summed E-state index contributed by atoms with van der Waals surface area (Å²) < 4.78 is 45.0. The number of rotatable bonds is 3. The average molecular weight is 387 g/mol. The van der Waals surface area contributed by atoms with E-state index in [0.29, 0.717) is 0 Å². The quantitative estimate of drug-likeness (QED) is 0.812. The molecule has 1 aliphatic heterocycles. The molecule has 3 rings (SSSR count). The van der Waals surface area contributed by atoms with E-state index in [1.54, 1.807) is 17.9 Å². The first-order chi connectivity index (χ1) is 11.8. The standard InChI is InChI=1S/C16H16ClFN2O4S/c1-11-4-9-24-15(11)16(21)19-5-7-20(8-6-19)25(22,23)12-2-3-14(18)13(17)10-12/h2-4,9-10H,5-8H2,1H3. The van der Waals surface area contributed by atoms with Crippen LogP contribution in [0.5, 0.6) is 0 Å². The van der Waals surface area contributed by atoms with Crippen LogP contribution in [-0.4, -0.2) is 49.7 Å². The number of nitrogens with zero attached hydrogens (tertiary/aromatic N) is 2. The average Bonchev–Trinajstić information content (AvgIpc) is 3.02. The van der Waals surface area contributed by atoms with Crippen LogP contribution in [0.4, 0.5) is 4.39 Å². The van der Waals surface area contributed by atoms with Crippen molar-refractivity contribution in [2.24, 2.45) is 0 Å². The third kappa shape index (κ3) is 3.42. The van der Waals surface area contributed by atoms with Gasteiger partial charge in [-0.2, -0.15) is 4.31 Å². The number of carbonyl (C=O) groups is 1. The van der Waals surface area contributed by atoms with Crippen LogP contribution in [0.3, 0.4) is 0 Å². The third-order valence-electron chi connectivity index (χ3n) is 4.11. The van der Waals surface area contributed by atoms with Gasteiger partial charge in [-0.1, -0.05) is 11.6 Å². The summed E-state index contributed by atoms with van der Waals surface area (Å²) in [6.45, 7) is 2.54. The Morgan fingerprint density at radius 3 is 2.44 bits per heavy atom. The number of sulfonamides is 1. The van der Waals surface area contributed by atoms with Gasteiger partial charge in [-0.15, -0.1) is 0 Å². The Morgan fingerprint density at radius 1 is 1.20 bits per heavy atom. The minimum Gasteiger partial charge on any atom is -0.459 e. The predicted molar refractivity (Wildman–Crippen MR) is 89.5 cm³/mol. The van der Waals surface area contributed by atoms with Crippen molar-refractivity contribution in [1.29, 1.82) is 0 Å². The minimum absolute atomic E-state index is 0.0689. The normalized spacial score (nSPS) is 16.2. The summed E-state index contributed by atoms with van der Waals surface area (Å²) in [5, 5.41) is -0.247. The molecule has 0 radical (unpaired) electrons. The van der Waals surface area contributed by atoms with Gasteiger partial charge in [0.25, 0.3) is 5.91 Å². The monoisotopic (exact) mass is 386 g/mol. The van der Waals surface area contributed by atoms with Crippen LogP contribution in [0.25, 0.3) is 0 Å². The Kier molecular flexibility index (Phi) is 4.86. The summed E-state index contributed by atoms with van der Waals surface area (Å²) >= 11 is 5.67. The molecule has 1 amide bonds. The summed E-state index contributed by atoms with van der Waals surface area (Å²) in [5.41, 5.74) is 0.737. The fourth-order valence-electron chi connectivity index (χ4n) is 2.65. The van der Waals surface area contributed by atoms with E-state index in [1.165, 1.54) is 16.6 Å². The topological polar surface area (TPSA) is 70.8 Å². The van der Waals surface area contributed by atoms with Crippen molar-refractivity contribution in [2.45, 2.75) is 11.8 Å². The number of amides is 1. The maximum atomic E-state index is 13.2. The first kappa shape index (κ1) is 17.9. The van der Waals surface area contributed by atoms with Gasteiger partial charge in [0.2, 0.25) is 10.0 Å². The second-order valence-corrected chi connectivity index (χ2v) is 8.05. The van der Waals surface area contributed by atoms with Crippen LogP contribution in [0.1, 0.15) is 16.1 Å². The lowest BCUT2D eigenvalue weighted by Crippen LogP contribution is -2.50. The zero-order valence-electron chi connectivity index (χ0n) is 13.4. The van der Waals surface area contributed by atoms with Crippen molar-refractivity contribution < 1.29 is 22.0 Å². The van der Waals surface area contributed by atoms with E-state index in [1.807, 2.05) is 0 Å². The maximum Gasteiger partial charge on any atom is 0.289 e. The van der Waals surface area contributed by atoms with Gasteiger partial charge in [0.15, 0.2) is 5.76 Å². The Balaban J connectivity index is 1.72. The molecule has 0 atom stereocenters. The number of carbonyl (C=O) groups excluding carboxylic acids is 1. The second kappa shape index (κ2) is 6.78. The zero-order chi connectivity index (χ0) is 18.2. The van der Waals surface area contributed by atoms with Gasteiger partial charge in [0, 0.05) is 31.7 Å². The number of piperazine rings is 1. The number of aryl methyl sites for hydroxylation is 1. The summed E-state index contributed by atoms with van der Waals surface area (Å²) in [4.78, 5) is 13.9. The molecular formula is C16H16ClFN2O4S. The molecule has 1 aromatic heterocycles. The fourth-order valence-corrected chi connectivity index (χ4v) is 4.35. The van der Waals surface area contributed by atoms with Gasteiger partial charge in [-0.25, -0.2) is 12.8 Å². The van der Waals surface area contributed by atoms with E-state index < -0.39 is 15.8 Å². The molecule has 0 aliphatic carbocycles. The Morgan fingerprint density at radius 2 is 1.88 bits per heavy atom. The molecule has 0 N–H and O–H groups in total. The van der Waals surface area contributed by atoms with Crippen LogP contribution in [0.15, 0.2) is 39.8 Å². The van der Waals surface area contributed by atoms with Gasteiger partial charge in [0.1, 0.15) is 5.82 Å². The number of benzene rings is 1. The highest BCUT2D eigenvalue weighted by Crippen LogP contribution is 2.23. The highest BCUT2D eigenvalue weighted by atomic mass is 35.5. The minimum atomic E-state index is -3.79. The van der Waals surface area contributed by atoms with Crippen LogP contribution in [0.2, 0.25) is 5.02 Å². The van der Waals surface area contributed by atoms with E-state index >= 15 is 0 Å². The third-order valence-corrected chi connectivity index (χ3v) is 6.30. The molecule has 9 heteroatoms. The van der Waals surface area contributed by atoms with Crippen molar-refractivity contribution in [1.82, 2.24) is 9.21 Å². The largest absolute Gasteiger partial charge is 0.459 e. The van der Waals surface area contributed by atoms with Gasteiger partial charge in [0.05, 0.1) is 16.2 Å². The lowest BCUT2D eigenvalue weighted by Gasteiger charge is -2.33. The van der Waals surface area contributed by atoms with E-state index in [4.69, 9.17) is 16.0 Å². The van der Waals surface area contributed by atoms with Crippen molar-refractivity contribution in [3.05, 3.63) is 52.7 Å². The Hall–Kier alpha value is -1.90. The smallest absolute Gasteiger partial charge is 0.289 e. The maximum absolute atomic E-state index is 13.2. The zero-order valence-corrected chi connectivity index (χ0v) is 15.0.